The van der Waals surface area contributed by atoms with E-state index in [-0.39, 0.29) is 0 Å². The summed E-state index contributed by atoms with van der Waals surface area (Å²) in [6.07, 6.45) is -0.457. The van der Waals surface area contributed by atoms with Crippen molar-refractivity contribution in [2.24, 2.45) is 0 Å². The van der Waals surface area contributed by atoms with Crippen molar-refractivity contribution in [1.82, 2.24) is 0 Å². The van der Waals surface area contributed by atoms with E-state index in [0.717, 1.165) is 19.4 Å². The maximum Gasteiger partial charge on any atom is 0.0772 e. The summed E-state index contributed by atoms with van der Waals surface area (Å²) in [6, 6.07) is 14.1. The van der Waals surface area contributed by atoms with Crippen LogP contribution in [0.1, 0.15) is 18.6 Å². The lowest BCUT2D eigenvalue weighted by atomic mass is 10.1. The summed E-state index contributed by atoms with van der Waals surface area (Å²) in [5.41, 5.74) is 0.909. The number of benzene rings is 2. The minimum absolute atomic E-state index is 0.457. The van der Waals surface area contributed by atoms with E-state index in [9.17, 15) is 5.11 Å². The second-order valence-electron chi connectivity index (χ2n) is 3.89. The van der Waals surface area contributed by atoms with Gasteiger partial charge in [0.15, 0.2) is 0 Å². The smallest absolute Gasteiger partial charge is 0.0772 e. The van der Waals surface area contributed by atoms with Crippen LogP contribution in [-0.2, 0) is 0 Å². The molecule has 0 fully saturated rings. The first-order valence-corrected chi connectivity index (χ1v) is 7.88. The van der Waals surface area contributed by atoms with Gasteiger partial charge in [-0.25, -0.2) is 0 Å². The number of rotatable bonds is 3. The Labute approximate surface area is 128 Å². The zero-order valence-electron chi connectivity index (χ0n) is 9.73. The van der Waals surface area contributed by atoms with E-state index in [4.69, 9.17) is 0 Å². The van der Waals surface area contributed by atoms with Crippen molar-refractivity contribution in [1.29, 1.82) is 0 Å². The zero-order valence-corrected chi connectivity index (χ0v) is 13.7. The summed E-state index contributed by atoms with van der Waals surface area (Å²) in [4.78, 5) is 2.31. The van der Waals surface area contributed by atoms with Crippen molar-refractivity contribution in [3.8, 4) is 0 Å². The minimum Gasteiger partial charge on any atom is -0.389 e. The second-order valence-corrected chi connectivity index (χ2v) is 6.72. The molecular weight excluding hydrogens is 376 g/mol. The normalized spacial score (nSPS) is 12.4. The molecule has 0 saturated heterocycles. The van der Waals surface area contributed by atoms with Gasteiger partial charge in [-0.15, -0.1) is 0 Å². The maximum absolute atomic E-state index is 9.58. The highest BCUT2D eigenvalue weighted by Crippen LogP contribution is 2.36. The van der Waals surface area contributed by atoms with E-state index in [2.05, 4.69) is 37.9 Å². The van der Waals surface area contributed by atoms with E-state index in [1.54, 1.807) is 18.7 Å². The molecule has 1 N–H and O–H groups in total. The minimum atomic E-state index is -0.457. The van der Waals surface area contributed by atoms with Gasteiger partial charge in [-0.3, -0.25) is 0 Å². The van der Waals surface area contributed by atoms with E-state index in [1.807, 2.05) is 36.4 Å². The highest BCUT2D eigenvalue weighted by atomic mass is 79.9. The third-order valence-corrected chi connectivity index (χ3v) is 5.19. The van der Waals surface area contributed by atoms with Crippen molar-refractivity contribution >= 4 is 43.6 Å². The predicted molar refractivity (Wildman–Crippen MR) is 83.0 cm³/mol. The fraction of sp³-hybridized carbons (Fsp3) is 0.143. The molecule has 0 aliphatic heterocycles. The topological polar surface area (TPSA) is 20.2 Å². The Morgan fingerprint density at radius 2 is 1.78 bits per heavy atom. The van der Waals surface area contributed by atoms with Gasteiger partial charge in [-0.05, 0) is 52.7 Å². The SMILES string of the molecule is C[C@H](O)c1ccc(Sc2ccccc2Br)cc1Br. The molecule has 0 saturated carbocycles. The zero-order chi connectivity index (χ0) is 13.1. The lowest BCUT2D eigenvalue weighted by Gasteiger charge is -2.10. The Morgan fingerprint density at radius 3 is 2.39 bits per heavy atom. The van der Waals surface area contributed by atoms with Crippen LogP contribution in [0.4, 0.5) is 0 Å². The lowest BCUT2D eigenvalue weighted by molar-refractivity contribution is 0.198. The monoisotopic (exact) mass is 386 g/mol. The van der Waals surface area contributed by atoms with E-state index >= 15 is 0 Å². The van der Waals surface area contributed by atoms with Crippen LogP contribution in [0.5, 0.6) is 0 Å². The molecule has 0 spiro atoms. The number of aliphatic hydroxyl groups excluding tert-OH is 1. The van der Waals surface area contributed by atoms with Crippen molar-refractivity contribution in [2.45, 2.75) is 22.8 Å². The fourth-order valence-electron chi connectivity index (χ4n) is 1.56. The molecule has 2 aromatic rings. The van der Waals surface area contributed by atoms with Crippen LogP contribution in [0.15, 0.2) is 61.2 Å². The van der Waals surface area contributed by atoms with E-state index < -0.39 is 6.10 Å². The standard InChI is InChI=1S/C14H12Br2OS/c1-9(17)11-7-6-10(8-13(11)16)18-14-5-3-2-4-12(14)15/h2-9,17H,1H3/t9-/m0/s1. The first-order chi connectivity index (χ1) is 8.58. The molecule has 4 heteroatoms. The quantitative estimate of drug-likeness (QED) is 0.758. The Bertz CT molecular complexity index is 555. The molecule has 2 rings (SSSR count). The molecule has 0 amide bonds. The van der Waals surface area contributed by atoms with Crippen molar-refractivity contribution in [2.75, 3.05) is 0 Å². The Kier molecular flexibility index (Phi) is 4.90. The van der Waals surface area contributed by atoms with Crippen LogP contribution in [-0.4, -0.2) is 5.11 Å². The van der Waals surface area contributed by atoms with E-state index in [0.29, 0.717) is 0 Å². The highest BCUT2D eigenvalue weighted by Gasteiger charge is 2.08. The number of hydrogen-bond donors (Lipinski definition) is 1. The van der Waals surface area contributed by atoms with Gasteiger partial charge in [0.05, 0.1) is 6.10 Å². The molecule has 0 aliphatic carbocycles. The first-order valence-electron chi connectivity index (χ1n) is 5.48. The Morgan fingerprint density at radius 1 is 1.06 bits per heavy atom. The van der Waals surface area contributed by atoms with Crippen molar-refractivity contribution in [3.05, 3.63) is 57.0 Å². The fourth-order valence-corrected chi connectivity index (χ4v) is 3.83. The van der Waals surface area contributed by atoms with Gasteiger partial charge in [0.2, 0.25) is 0 Å². The molecule has 0 aliphatic rings. The third-order valence-electron chi connectivity index (χ3n) is 2.49. The summed E-state index contributed by atoms with van der Waals surface area (Å²) in [6.45, 7) is 1.76. The van der Waals surface area contributed by atoms with Crippen molar-refractivity contribution < 1.29 is 5.11 Å². The average Bonchev–Trinajstić information content (AvgIpc) is 2.32. The Hall–Kier alpha value is -0.290. The van der Waals surface area contributed by atoms with Crippen molar-refractivity contribution in [3.63, 3.8) is 0 Å². The lowest BCUT2D eigenvalue weighted by Crippen LogP contribution is -1.92. The second kappa shape index (κ2) is 6.24. The van der Waals surface area contributed by atoms with Gasteiger partial charge in [-0.1, -0.05) is 45.9 Å². The molecule has 1 atom stereocenters. The third kappa shape index (κ3) is 3.38. The van der Waals surface area contributed by atoms with Crippen LogP contribution >= 0.6 is 43.6 Å². The van der Waals surface area contributed by atoms with Crippen LogP contribution in [0.25, 0.3) is 0 Å². The van der Waals surface area contributed by atoms with Gasteiger partial charge in [0.25, 0.3) is 0 Å². The highest BCUT2D eigenvalue weighted by molar-refractivity contribution is 9.10. The molecule has 0 unspecified atom stereocenters. The molecule has 0 radical (unpaired) electrons. The molecule has 1 nitrogen and oxygen atoms in total. The van der Waals surface area contributed by atoms with Crippen LogP contribution in [0.2, 0.25) is 0 Å². The van der Waals surface area contributed by atoms with E-state index in [1.165, 1.54) is 4.90 Å². The maximum atomic E-state index is 9.58. The molecule has 2 aromatic carbocycles. The molecule has 94 valence electrons. The Balaban J connectivity index is 2.26. The summed E-state index contributed by atoms with van der Waals surface area (Å²) >= 11 is 8.72. The number of hydrogen-bond acceptors (Lipinski definition) is 2. The average molecular weight is 388 g/mol. The van der Waals surface area contributed by atoms with Gasteiger partial charge < -0.3 is 5.11 Å². The number of halogens is 2. The molecule has 0 bridgehead atoms. The van der Waals surface area contributed by atoms with Gasteiger partial charge >= 0.3 is 0 Å². The van der Waals surface area contributed by atoms with Crippen LogP contribution in [0, 0.1) is 0 Å². The largest absolute Gasteiger partial charge is 0.389 e. The first kappa shape index (κ1) is 14.1. The predicted octanol–water partition coefficient (Wildman–Crippen LogP) is 5.42. The van der Waals surface area contributed by atoms with Crippen LogP contribution in [0.3, 0.4) is 0 Å². The summed E-state index contributed by atoms with van der Waals surface area (Å²) < 4.78 is 2.03. The summed E-state index contributed by atoms with van der Waals surface area (Å²) in [7, 11) is 0. The summed E-state index contributed by atoms with van der Waals surface area (Å²) in [5, 5.41) is 9.58. The van der Waals surface area contributed by atoms with Gasteiger partial charge in [-0.2, -0.15) is 0 Å². The van der Waals surface area contributed by atoms with Gasteiger partial charge in [0.1, 0.15) is 0 Å². The molecular formula is C14H12Br2OS. The summed E-state index contributed by atoms with van der Waals surface area (Å²) in [5.74, 6) is 0. The molecule has 18 heavy (non-hydrogen) atoms. The van der Waals surface area contributed by atoms with Gasteiger partial charge in [0, 0.05) is 18.7 Å². The number of aliphatic hydroxyl groups is 1. The molecule has 0 heterocycles. The molecule has 0 aromatic heterocycles. The van der Waals surface area contributed by atoms with Crippen LogP contribution < -0.4 is 0 Å².